The summed E-state index contributed by atoms with van der Waals surface area (Å²) in [4.78, 5) is 0. The SMILES string of the molecule is C[C@H]1CNCC[C@H]1c1ccc(C(F)(F)F)c(Cl)c1. The predicted molar refractivity (Wildman–Crippen MR) is 65.8 cm³/mol. The van der Waals surface area contributed by atoms with Crippen molar-refractivity contribution in [1.82, 2.24) is 5.32 Å². The molecule has 0 aromatic heterocycles. The summed E-state index contributed by atoms with van der Waals surface area (Å²) >= 11 is 5.75. The van der Waals surface area contributed by atoms with Crippen molar-refractivity contribution in [1.29, 1.82) is 0 Å². The lowest BCUT2D eigenvalue weighted by molar-refractivity contribution is -0.137. The van der Waals surface area contributed by atoms with Crippen LogP contribution in [0.15, 0.2) is 18.2 Å². The molecule has 1 aromatic rings. The normalized spacial score (nSPS) is 25.2. The first-order valence-corrected chi connectivity index (χ1v) is 6.34. The van der Waals surface area contributed by atoms with E-state index in [1.165, 1.54) is 6.07 Å². The molecule has 1 heterocycles. The molecule has 1 N–H and O–H groups in total. The Labute approximate surface area is 109 Å². The molecule has 1 fully saturated rings. The number of hydrogen-bond donors (Lipinski definition) is 1. The van der Waals surface area contributed by atoms with Crippen molar-refractivity contribution in [2.45, 2.75) is 25.4 Å². The summed E-state index contributed by atoms with van der Waals surface area (Å²) < 4.78 is 37.8. The second-order valence-corrected chi connectivity index (χ2v) is 5.22. The molecule has 1 aliphatic rings. The first kappa shape index (κ1) is 13.7. The lowest BCUT2D eigenvalue weighted by Gasteiger charge is -2.30. The van der Waals surface area contributed by atoms with Crippen molar-refractivity contribution in [3.8, 4) is 0 Å². The Morgan fingerprint density at radius 2 is 2.06 bits per heavy atom. The van der Waals surface area contributed by atoms with E-state index >= 15 is 0 Å². The maximum atomic E-state index is 12.6. The second kappa shape index (κ2) is 5.10. The zero-order chi connectivity index (χ0) is 13.3. The van der Waals surface area contributed by atoms with Crippen LogP contribution in [0.25, 0.3) is 0 Å². The second-order valence-electron chi connectivity index (χ2n) is 4.81. The topological polar surface area (TPSA) is 12.0 Å². The van der Waals surface area contributed by atoms with Crippen LogP contribution in [0.3, 0.4) is 0 Å². The van der Waals surface area contributed by atoms with Gasteiger partial charge in [0.1, 0.15) is 0 Å². The third-order valence-corrected chi connectivity index (χ3v) is 3.82. The molecule has 0 aliphatic carbocycles. The maximum absolute atomic E-state index is 12.6. The Balaban J connectivity index is 2.28. The van der Waals surface area contributed by atoms with Crippen molar-refractivity contribution in [3.63, 3.8) is 0 Å². The lowest BCUT2D eigenvalue weighted by Crippen LogP contribution is -2.33. The largest absolute Gasteiger partial charge is 0.417 e. The number of nitrogens with one attached hydrogen (secondary N) is 1. The molecule has 5 heteroatoms. The first-order valence-electron chi connectivity index (χ1n) is 5.97. The van der Waals surface area contributed by atoms with Gasteiger partial charge >= 0.3 is 6.18 Å². The van der Waals surface area contributed by atoms with Gasteiger partial charge in [0.25, 0.3) is 0 Å². The van der Waals surface area contributed by atoms with Crippen LogP contribution < -0.4 is 5.32 Å². The number of hydrogen-bond acceptors (Lipinski definition) is 1. The van der Waals surface area contributed by atoms with E-state index in [0.29, 0.717) is 5.92 Å². The fraction of sp³-hybridized carbons (Fsp3) is 0.538. The average molecular weight is 278 g/mol. The molecule has 18 heavy (non-hydrogen) atoms. The Kier molecular flexibility index (Phi) is 3.87. The van der Waals surface area contributed by atoms with Crippen LogP contribution in [0.2, 0.25) is 5.02 Å². The summed E-state index contributed by atoms with van der Waals surface area (Å²) in [7, 11) is 0. The molecule has 0 amide bonds. The van der Waals surface area contributed by atoms with Crippen LogP contribution >= 0.6 is 11.6 Å². The van der Waals surface area contributed by atoms with E-state index in [4.69, 9.17) is 11.6 Å². The van der Waals surface area contributed by atoms with E-state index in [2.05, 4.69) is 12.2 Å². The van der Waals surface area contributed by atoms with Crippen LogP contribution in [-0.2, 0) is 6.18 Å². The van der Waals surface area contributed by atoms with E-state index in [9.17, 15) is 13.2 Å². The number of alkyl halides is 3. The molecule has 1 aromatic carbocycles. The molecule has 100 valence electrons. The highest BCUT2D eigenvalue weighted by Gasteiger charge is 2.33. The Morgan fingerprint density at radius 3 is 2.61 bits per heavy atom. The molecule has 1 nitrogen and oxygen atoms in total. The molecule has 0 radical (unpaired) electrons. The molecule has 0 unspecified atom stereocenters. The third kappa shape index (κ3) is 2.81. The number of benzene rings is 1. The Bertz CT molecular complexity index is 431. The smallest absolute Gasteiger partial charge is 0.316 e. The van der Waals surface area contributed by atoms with Crippen molar-refractivity contribution >= 4 is 11.6 Å². The van der Waals surface area contributed by atoms with Crippen molar-refractivity contribution in [2.75, 3.05) is 13.1 Å². The molecular formula is C13H15ClF3N. The van der Waals surface area contributed by atoms with Gasteiger partial charge in [0.15, 0.2) is 0 Å². The molecular weight excluding hydrogens is 263 g/mol. The van der Waals surface area contributed by atoms with Gasteiger partial charge in [0, 0.05) is 0 Å². The van der Waals surface area contributed by atoms with Gasteiger partial charge in [-0.1, -0.05) is 24.6 Å². The van der Waals surface area contributed by atoms with Gasteiger partial charge in [-0.25, -0.2) is 0 Å². The summed E-state index contributed by atoms with van der Waals surface area (Å²) in [5.74, 6) is 0.692. The highest BCUT2D eigenvalue weighted by molar-refractivity contribution is 6.31. The standard InChI is InChI=1S/C13H15ClF3N/c1-8-7-18-5-4-10(8)9-2-3-11(12(14)6-9)13(15,16)17/h2-3,6,8,10,18H,4-5,7H2,1H3/t8-,10+/m0/s1. The number of piperidine rings is 1. The van der Waals surface area contributed by atoms with E-state index in [1.807, 2.05) is 0 Å². The quantitative estimate of drug-likeness (QED) is 0.816. The molecule has 0 spiro atoms. The van der Waals surface area contributed by atoms with E-state index in [0.717, 1.165) is 31.1 Å². The molecule has 1 aliphatic heterocycles. The van der Waals surface area contributed by atoms with Gasteiger partial charge in [0.05, 0.1) is 10.6 Å². The number of halogens is 4. The van der Waals surface area contributed by atoms with Gasteiger partial charge < -0.3 is 5.32 Å². The first-order chi connectivity index (χ1) is 8.39. The van der Waals surface area contributed by atoms with E-state index in [1.54, 1.807) is 6.07 Å². The van der Waals surface area contributed by atoms with Crippen molar-refractivity contribution in [2.24, 2.45) is 5.92 Å². The van der Waals surface area contributed by atoms with E-state index in [-0.39, 0.29) is 10.9 Å². The highest BCUT2D eigenvalue weighted by atomic mass is 35.5. The van der Waals surface area contributed by atoms with Crippen LogP contribution in [0.5, 0.6) is 0 Å². The maximum Gasteiger partial charge on any atom is 0.417 e. The summed E-state index contributed by atoms with van der Waals surface area (Å²) in [5, 5.41) is 3.07. The molecule has 0 saturated carbocycles. The summed E-state index contributed by atoms with van der Waals surface area (Å²) in [6.45, 7) is 3.89. The zero-order valence-corrected chi connectivity index (χ0v) is 10.8. The Morgan fingerprint density at radius 1 is 1.33 bits per heavy atom. The minimum absolute atomic E-state index is 0.203. The van der Waals surface area contributed by atoms with Gasteiger partial charge in [-0.3, -0.25) is 0 Å². The minimum atomic E-state index is -4.38. The minimum Gasteiger partial charge on any atom is -0.316 e. The van der Waals surface area contributed by atoms with Crippen LogP contribution in [0, 0.1) is 5.92 Å². The van der Waals surface area contributed by atoms with Gasteiger partial charge in [-0.05, 0) is 49.0 Å². The molecule has 0 bridgehead atoms. The van der Waals surface area contributed by atoms with Crippen LogP contribution in [0.1, 0.15) is 30.4 Å². The summed E-state index contributed by atoms with van der Waals surface area (Å²) in [6, 6.07) is 4.12. The fourth-order valence-corrected chi connectivity index (χ4v) is 2.80. The Hall–Kier alpha value is -0.740. The fourth-order valence-electron chi connectivity index (χ4n) is 2.50. The molecule has 1 saturated heterocycles. The lowest BCUT2D eigenvalue weighted by atomic mass is 9.82. The van der Waals surface area contributed by atoms with Gasteiger partial charge in [-0.15, -0.1) is 0 Å². The third-order valence-electron chi connectivity index (χ3n) is 3.51. The zero-order valence-electron chi connectivity index (χ0n) is 10.0. The number of rotatable bonds is 1. The molecule has 2 rings (SSSR count). The van der Waals surface area contributed by atoms with Crippen molar-refractivity contribution < 1.29 is 13.2 Å². The molecule has 2 atom stereocenters. The highest BCUT2D eigenvalue weighted by Crippen LogP contribution is 2.38. The summed E-state index contributed by atoms with van der Waals surface area (Å²) in [5.41, 5.74) is 0.150. The monoisotopic (exact) mass is 277 g/mol. The average Bonchev–Trinajstić information content (AvgIpc) is 2.27. The van der Waals surface area contributed by atoms with Crippen LogP contribution in [-0.4, -0.2) is 13.1 Å². The summed E-state index contributed by atoms with van der Waals surface area (Å²) in [6.07, 6.45) is -3.45. The van der Waals surface area contributed by atoms with Gasteiger partial charge in [0.2, 0.25) is 0 Å². The predicted octanol–water partition coefficient (Wildman–Crippen LogP) is 4.07. The van der Waals surface area contributed by atoms with Gasteiger partial charge in [-0.2, -0.15) is 13.2 Å². The van der Waals surface area contributed by atoms with E-state index < -0.39 is 11.7 Å². The van der Waals surface area contributed by atoms with Crippen LogP contribution in [0.4, 0.5) is 13.2 Å². The van der Waals surface area contributed by atoms with Crippen molar-refractivity contribution in [3.05, 3.63) is 34.3 Å².